The van der Waals surface area contributed by atoms with Crippen LogP contribution in [0.4, 0.5) is 23.4 Å². The van der Waals surface area contributed by atoms with Gasteiger partial charge in [-0.25, -0.2) is 35.7 Å². The molecule has 0 aliphatic carbocycles. The quantitative estimate of drug-likeness (QED) is 0.700. The minimum absolute atomic E-state index is 0.0389. The number of carbonyl (C=O) groups is 1. The van der Waals surface area contributed by atoms with Gasteiger partial charge >= 0.3 is 0 Å². The number of amides is 1. The van der Waals surface area contributed by atoms with Crippen molar-refractivity contribution >= 4 is 33.3 Å². The van der Waals surface area contributed by atoms with Crippen molar-refractivity contribution in [3.63, 3.8) is 0 Å². The minimum Gasteiger partial charge on any atom is -0.452 e. The summed E-state index contributed by atoms with van der Waals surface area (Å²) in [4.78, 5) is 16.8. The monoisotopic (exact) mass is 453 g/mol. The molecule has 0 unspecified atom stereocenters. The highest BCUT2D eigenvalue weighted by atomic mass is 35.5. The summed E-state index contributed by atoms with van der Waals surface area (Å²) in [5.74, 6) is -7.22. The highest BCUT2D eigenvalue weighted by Crippen LogP contribution is 2.37. The van der Waals surface area contributed by atoms with Gasteiger partial charge in [-0.3, -0.25) is 4.79 Å². The van der Waals surface area contributed by atoms with Crippen molar-refractivity contribution in [1.29, 1.82) is 0 Å². The number of rotatable bonds is 5. The number of nitrogens with one attached hydrogen (secondary N) is 1. The Balaban J connectivity index is 1.79. The van der Waals surface area contributed by atoms with Crippen LogP contribution in [0.1, 0.15) is 10.4 Å². The van der Waals surface area contributed by atoms with Crippen molar-refractivity contribution in [1.82, 2.24) is 9.71 Å². The fraction of sp³-hybridized carbons (Fsp3) is 0.250. The van der Waals surface area contributed by atoms with Crippen molar-refractivity contribution in [2.24, 2.45) is 0 Å². The third kappa shape index (κ3) is 4.88. The number of ether oxygens (including phenoxy) is 1. The summed E-state index contributed by atoms with van der Waals surface area (Å²) in [5.41, 5.74) is -0.842. The van der Waals surface area contributed by atoms with Gasteiger partial charge in [-0.2, -0.15) is 0 Å². The van der Waals surface area contributed by atoms with Gasteiger partial charge in [0.05, 0.1) is 36.1 Å². The van der Waals surface area contributed by atoms with E-state index in [1.54, 1.807) is 0 Å². The predicted octanol–water partition coefficient (Wildman–Crippen LogP) is 2.95. The molecule has 29 heavy (non-hydrogen) atoms. The van der Waals surface area contributed by atoms with E-state index in [4.69, 9.17) is 16.3 Å². The zero-order chi connectivity index (χ0) is 21.6. The molecule has 1 aliphatic heterocycles. The summed E-state index contributed by atoms with van der Waals surface area (Å²) in [6.07, 6.45) is 1.76. The molecule has 0 saturated carbocycles. The van der Waals surface area contributed by atoms with Crippen LogP contribution in [0, 0.1) is 11.6 Å². The number of carbonyl (C=O) groups excluding carboxylic acids is 1. The normalized spacial score (nSPS) is 15.6. The van der Waals surface area contributed by atoms with Crippen molar-refractivity contribution in [3.05, 3.63) is 46.6 Å². The van der Waals surface area contributed by atoms with Crippen LogP contribution in [0.25, 0.3) is 0 Å². The number of hydrogen-bond acceptors (Lipinski definition) is 6. The zero-order valence-corrected chi connectivity index (χ0v) is 16.1. The van der Waals surface area contributed by atoms with E-state index >= 15 is 0 Å². The van der Waals surface area contributed by atoms with Crippen molar-refractivity contribution < 1.29 is 35.5 Å². The third-order valence-corrected chi connectivity index (χ3v) is 4.55. The first-order valence-electron chi connectivity index (χ1n) is 7.82. The van der Waals surface area contributed by atoms with Crippen LogP contribution >= 0.6 is 11.6 Å². The molecule has 0 atom stereocenters. The molecular formula is C16H12ClF4N3O4S. The van der Waals surface area contributed by atoms with Gasteiger partial charge in [0.2, 0.25) is 10.0 Å². The Hall–Kier alpha value is -2.60. The molecule has 1 aliphatic rings. The number of alkyl halides is 2. The highest BCUT2D eigenvalue weighted by Gasteiger charge is 2.45. The van der Waals surface area contributed by atoms with E-state index in [1.807, 2.05) is 0 Å². The van der Waals surface area contributed by atoms with Gasteiger partial charge in [-0.15, -0.1) is 0 Å². The van der Waals surface area contributed by atoms with Gasteiger partial charge in [-0.1, -0.05) is 11.6 Å². The molecule has 0 spiro atoms. The number of benzene rings is 1. The summed E-state index contributed by atoms with van der Waals surface area (Å²) in [6, 6.07) is 2.20. The summed E-state index contributed by atoms with van der Waals surface area (Å²) >= 11 is 5.99. The molecule has 1 saturated heterocycles. The molecule has 1 aromatic heterocycles. The Labute approximate surface area is 167 Å². The topological polar surface area (TPSA) is 88.6 Å². The van der Waals surface area contributed by atoms with E-state index in [1.165, 1.54) is 15.7 Å². The first-order valence-corrected chi connectivity index (χ1v) is 10.1. The third-order valence-electron chi connectivity index (χ3n) is 3.71. The van der Waals surface area contributed by atoms with E-state index in [9.17, 15) is 30.8 Å². The second-order valence-corrected chi connectivity index (χ2v) is 8.41. The highest BCUT2D eigenvalue weighted by molar-refractivity contribution is 7.89. The first-order chi connectivity index (χ1) is 13.3. The summed E-state index contributed by atoms with van der Waals surface area (Å²) in [6.45, 7) is -1.09. The predicted molar refractivity (Wildman–Crippen MR) is 95.1 cm³/mol. The van der Waals surface area contributed by atoms with Gasteiger partial charge < -0.3 is 9.64 Å². The van der Waals surface area contributed by atoms with E-state index in [2.05, 4.69) is 4.98 Å². The molecule has 1 aromatic carbocycles. The Bertz CT molecular complexity index is 1090. The number of nitrogens with zero attached hydrogens (tertiary/aromatic N) is 2. The van der Waals surface area contributed by atoms with Gasteiger partial charge in [0.1, 0.15) is 17.4 Å². The lowest BCUT2D eigenvalue weighted by molar-refractivity contribution is -0.0266. The lowest BCUT2D eigenvalue weighted by Crippen LogP contribution is -2.56. The maximum atomic E-state index is 14.2. The molecule has 1 amide bonds. The largest absolute Gasteiger partial charge is 0.452 e. The summed E-state index contributed by atoms with van der Waals surface area (Å²) in [7, 11) is -3.97. The Morgan fingerprint density at radius 1 is 1.24 bits per heavy atom. The fourth-order valence-corrected chi connectivity index (χ4v) is 3.22. The molecule has 2 heterocycles. The van der Waals surface area contributed by atoms with Gasteiger partial charge in [-0.05, 0) is 6.07 Å². The average molecular weight is 454 g/mol. The average Bonchev–Trinajstić information content (AvgIpc) is 2.54. The molecule has 3 rings (SSSR count). The first kappa shape index (κ1) is 21.1. The van der Waals surface area contributed by atoms with Crippen LogP contribution in [0.5, 0.6) is 11.5 Å². The molecule has 1 N–H and O–H groups in total. The zero-order valence-electron chi connectivity index (χ0n) is 14.5. The lowest BCUT2D eigenvalue weighted by atomic mass is 10.1. The van der Waals surface area contributed by atoms with Crippen LogP contribution in [-0.4, -0.2) is 44.6 Å². The Kier molecular flexibility index (Phi) is 5.34. The molecule has 0 bridgehead atoms. The summed E-state index contributed by atoms with van der Waals surface area (Å²) < 4.78 is 83.0. The van der Waals surface area contributed by atoms with Crippen LogP contribution in [0.3, 0.4) is 0 Å². The minimum atomic E-state index is -3.97. The van der Waals surface area contributed by atoms with Crippen molar-refractivity contribution in [2.75, 3.05) is 24.2 Å². The van der Waals surface area contributed by atoms with Crippen molar-refractivity contribution in [3.8, 4) is 11.5 Å². The van der Waals surface area contributed by atoms with Crippen LogP contribution in [0.15, 0.2) is 24.4 Å². The Morgan fingerprint density at radius 2 is 1.90 bits per heavy atom. The maximum absolute atomic E-state index is 14.2. The van der Waals surface area contributed by atoms with Gasteiger partial charge in [0, 0.05) is 12.1 Å². The molecule has 1 fully saturated rings. The maximum Gasteiger partial charge on any atom is 0.282 e. The van der Waals surface area contributed by atoms with E-state index in [0.717, 1.165) is 6.20 Å². The lowest BCUT2D eigenvalue weighted by Gasteiger charge is -2.39. The van der Waals surface area contributed by atoms with E-state index in [0.29, 0.717) is 18.4 Å². The number of hydrogen-bond donors (Lipinski definition) is 1. The number of anilines is 1. The molecular weight excluding hydrogens is 442 g/mol. The summed E-state index contributed by atoms with van der Waals surface area (Å²) in [5, 5.41) is -0.0389. The Morgan fingerprint density at radius 3 is 2.45 bits per heavy atom. The standard InChI is InChI=1S/C16H12ClF4N3O4S/c1-29(26,27)23-15(25)9-3-12(19)13(4-11(9)18)28-8-2-10(17)14(22-5-8)24-6-16(20,21)7-24/h2-5H,6-7H2,1H3,(H,23,25). The number of pyridine rings is 1. The molecule has 13 heteroatoms. The molecule has 156 valence electrons. The smallest absolute Gasteiger partial charge is 0.282 e. The second-order valence-electron chi connectivity index (χ2n) is 6.26. The van der Waals surface area contributed by atoms with E-state index in [-0.39, 0.29) is 16.6 Å². The molecule has 7 nitrogen and oxygen atoms in total. The van der Waals surface area contributed by atoms with Gasteiger partial charge in [0.15, 0.2) is 11.6 Å². The molecule has 2 aromatic rings. The van der Waals surface area contributed by atoms with Gasteiger partial charge in [0.25, 0.3) is 11.8 Å². The van der Waals surface area contributed by atoms with E-state index < -0.39 is 57.9 Å². The van der Waals surface area contributed by atoms with Crippen molar-refractivity contribution in [2.45, 2.75) is 5.92 Å². The second kappa shape index (κ2) is 7.34. The SMILES string of the molecule is CS(=O)(=O)NC(=O)c1cc(F)c(Oc2cnc(N3CC(F)(F)C3)c(Cl)c2)cc1F. The number of sulfonamides is 1. The number of halogens is 5. The van der Waals surface area contributed by atoms with Crippen LogP contribution in [0.2, 0.25) is 5.02 Å². The molecule has 0 radical (unpaired) electrons. The fourth-order valence-electron chi connectivity index (χ4n) is 2.49. The van der Waals surface area contributed by atoms with Crippen LogP contribution < -0.4 is 14.4 Å². The number of aromatic nitrogens is 1. The van der Waals surface area contributed by atoms with Crippen LogP contribution in [-0.2, 0) is 10.0 Å².